The van der Waals surface area contributed by atoms with Crippen molar-refractivity contribution in [3.8, 4) is 0 Å². The molecule has 1 N–H and O–H groups in total. The van der Waals surface area contributed by atoms with Crippen LogP contribution in [-0.2, 0) is 14.3 Å². The van der Waals surface area contributed by atoms with Gasteiger partial charge in [-0.25, -0.2) is 0 Å². The van der Waals surface area contributed by atoms with Crippen molar-refractivity contribution >= 4 is 18.0 Å². The smallest absolute Gasteiger partial charge is 0.307 e. The molecule has 0 aliphatic rings. The van der Waals surface area contributed by atoms with Crippen LogP contribution in [0.25, 0.3) is 6.08 Å². The Kier molecular flexibility index (Phi) is 6.12. The van der Waals surface area contributed by atoms with Crippen LogP contribution in [0.15, 0.2) is 66.7 Å². The van der Waals surface area contributed by atoms with Gasteiger partial charge in [0.05, 0.1) is 19.6 Å². The Morgan fingerprint density at radius 2 is 1.65 bits per heavy atom. The number of methoxy groups -OCH3 is 1. The van der Waals surface area contributed by atoms with Crippen LogP contribution in [0.3, 0.4) is 0 Å². The maximum atomic E-state index is 12.1. The van der Waals surface area contributed by atoms with Crippen LogP contribution in [0.4, 0.5) is 0 Å². The summed E-state index contributed by atoms with van der Waals surface area (Å²) in [6.07, 6.45) is 3.28. The third kappa shape index (κ3) is 5.43. The maximum Gasteiger partial charge on any atom is 0.307 e. The lowest BCUT2D eigenvalue weighted by atomic mass is 10.0. The second kappa shape index (κ2) is 8.54. The molecule has 4 heteroatoms. The van der Waals surface area contributed by atoms with E-state index in [2.05, 4.69) is 5.32 Å². The molecule has 4 nitrogen and oxygen atoms in total. The molecule has 23 heavy (non-hydrogen) atoms. The average molecular weight is 309 g/mol. The third-order valence-electron chi connectivity index (χ3n) is 3.34. The maximum absolute atomic E-state index is 12.1. The van der Waals surface area contributed by atoms with E-state index in [1.54, 1.807) is 6.08 Å². The summed E-state index contributed by atoms with van der Waals surface area (Å²) in [5.41, 5.74) is 1.80. The van der Waals surface area contributed by atoms with Gasteiger partial charge in [-0.2, -0.15) is 0 Å². The Hall–Kier alpha value is -2.88. The fraction of sp³-hybridized carbons (Fsp3) is 0.158. The minimum absolute atomic E-state index is 0.0887. The van der Waals surface area contributed by atoms with Crippen molar-refractivity contribution in [2.75, 3.05) is 7.11 Å². The summed E-state index contributed by atoms with van der Waals surface area (Å²) >= 11 is 0. The van der Waals surface area contributed by atoms with Gasteiger partial charge in [0.15, 0.2) is 0 Å². The van der Waals surface area contributed by atoms with Crippen LogP contribution in [0.5, 0.6) is 0 Å². The predicted octanol–water partition coefficient (Wildman–Crippen LogP) is 3.12. The van der Waals surface area contributed by atoms with Crippen LogP contribution in [0, 0.1) is 0 Å². The van der Waals surface area contributed by atoms with Gasteiger partial charge in [0.1, 0.15) is 0 Å². The normalized spacial score (nSPS) is 11.9. The van der Waals surface area contributed by atoms with E-state index >= 15 is 0 Å². The van der Waals surface area contributed by atoms with Gasteiger partial charge in [-0.05, 0) is 17.2 Å². The molecule has 0 saturated heterocycles. The molecule has 0 radical (unpaired) electrons. The number of amides is 1. The molecule has 2 rings (SSSR count). The molecule has 0 fully saturated rings. The minimum Gasteiger partial charge on any atom is -0.469 e. The second-order valence-corrected chi connectivity index (χ2v) is 5.00. The quantitative estimate of drug-likeness (QED) is 0.659. The Morgan fingerprint density at radius 3 is 2.26 bits per heavy atom. The van der Waals surface area contributed by atoms with E-state index in [1.807, 2.05) is 60.7 Å². The summed E-state index contributed by atoms with van der Waals surface area (Å²) in [5, 5.41) is 2.84. The van der Waals surface area contributed by atoms with Gasteiger partial charge in [0, 0.05) is 6.08 Å². The zero-order chi connectivity index (χ0) is 16.5. The molecule has 0 spiro atoms. The van der Waals surface area contributed by atoms with Crippen molar-refractivity contribution in [3.63, 3.8) is 0 Å². The summed E-state index contributed by atoms with van der Waals surface area (Å²) in [6.45, 7) is 0. The van der Waals surface area contributed by atoms with Crippen molar-refractivity contribution in [3.05, 3.63) is 77.9 Å². The SMILES string of the molecule is COC(=O)CC(NC(=O)C=Cc1ccccc1)c1ccccc1. The highest BCUT2D eigenvalue weighted by Gasteiger charge is 2.17. The highest BCUT2D eigenvalue weighted by atomic mass is 16.5. The van der Waals surface area contributed by atoms with Gasteiger partial charge >= 0.3 is 5.97 Å². The third-order valence-corrected chi connectivity index (χ3v) is 3.34. The molecular formula is C19H19NO3. The minimum atomic E-state index is -0.420. The number of nitrogens with one attached hydrogen (secondary N) is 1. The number of carbonyl (C=O) groups is 2. The molecule has 1 amide bonds. The topological polar surface area (TPSA) is 55.4 Å². The number of rotatable bonds is 6. The molecule has 1 atom stereocenters. The second-order valence-electron chi connectivity index (χ2n) is 5.00. The van der Waals surface area contributed by atoms with Gasteiger partial charge in [0.2, 0.25) is 5.91 Å². The van der Waals surface area contributed by atoms with Crippen molar-refractivity contribution in [2.24, 2.45) is 0 Å². The van der Waals surface area contributed by atoms with Crippen molar-refractivity contribution in [1.82, 2.24) is 5.32 Å². The zero-order valence-corrected chi connectivity index (χ0v) is 12.9. The highest BCUT2D eigenvalue weighted by Crippen LogP contribution is 2.17. The van der Waals surface area contributed by atoms with E-state index in [4.69, 9.17) is 4.74 Å². The first-order valence-corrected chi connectivity index (χ1v) is 7.34. The number of esters is 1. The fourth-order valence-corrected chi connectivity index (χ4v) is 2.14. The van der Waals surface area contributed by atoms with Crippen LogP contribution in [-0.4, -0.2) is 19.0 Å². The Bertz CT molecular complexity index is 666. The first kappa shape index (κ1) is 16.5. The van der Waals surface area contributed by atoms with E-state index < -0.39 is 6.04 Å². The molecule has 0 aromatic heterocycles. The molecule has 2 aromatic carbocycles. The first-order valence-electron chi connectivity index (χ1n) is 7.34. The number of ether oxygens (including phenoxy) is 1. The Balaban J connectivity index is 2.06. The summed E-state index contributed by atoms with van der Waals surface area (Å²) in [4.78, 5) is 23.7. The number of hydrogen-bond donors (Lipinski definition) is 1. The first-order chi connectivity index (χ1) is 11.2. The van der Waals surface area contributed by atoms with Crippen molar-refractivity contribution < 1.29 is 14.3 Å². The number of hydrogen-bond acceptors (Lipinski definition) is 3. The van der Waals surface area contributed by atoms with E-state index in [0.29, 0.717) is 0 Å². The van der Waals surface area contributed by atoms with Crippen LogP contribution < -0.4 is 5.32 Å². The molecule has 0 bridgehead atoms. The van der Waals surface area contributed by atoms with Gasteiger partial charge in [0.25, 0.3) is 0 Å². The van der Waals surface area contributed by atoms with Gasteiger partial charge in [-0.1, -0.05) is 60.7 Å². The summed E-state index contributed by atoms with van der Waals surface area (Å²) in [6, 6.07) is 18.5. The largest absolute Gasteiger partial charge is 0.469 e. The summed E-state index contributed by atoms with van der Waals surface area (Å²) < 4.78 is 4.70. The fourth-order valence-electron chi connectivity index (χ4n) is 2.14. The molecule has 118 valence electrons. The van der Waals surface area contributed by atoms with Crippen LogP contribution in [0.1, 0.15) is 23.6 Å². The number of carbonyl (C=O) groups excluding carboxylic acids is 2. The summed E-state index contributed by atoms with van der Waals surface area (Å²) in [7, 11) is 1.33. The highest BCUT2D eigenvalue weighted by molar-refractivity contribution is 5.92. The van der Waals surface area contributed by atoms with E-state index in [0.717, 1.165) is 11.1 Å². The predicted molar refractivity (Wildman–Crippen MR) is 89.4 cm³/mol. The molecule has 0 aliphatic carbocycles. The average Bonchev–Trinajstić information content (AvgIpc) is 2.61. The molecule has 0 saturated carbocycles. The van der Waals surface area contributed by atoms with Crippen molar-refractivity contribution in [1.29, 1.82) is 0 Å². The van der Waals surface area contributed by atoms with E-state index in [9.17, 15) is 9.59 Å². The zero-order valence-electron chi connectivity index (χ0n) is 12.9. The van der Waals surface area contributed by atoms with E-state index in [1.165, 1.54) is 13.2 Å². The molecule has 0 aliphatic heterocycles. The molecule has 2 aromatic rings. The van der Waals surface area contributed by atoms with E-state index in [-0.39, 0.29) is 18.3 Å². The Labute approximate surface area is 135 Å². The van der Waals surface area contributed by atoms with Crippen LogP contribution >= 0.6 is 0 Å². The molecule has 0 heterocycles. The lowest BCUT2D eigenvalue weighted by Gasteiger charge is -2.17. The summed E-state index contributed by atoms with van der Waals surface area (Å²) in [5.74, 6) is -0.627. The van der Waals surface area contributed by atoms with Gasteiger partial charge in [-0.3, -0.25) is 9.59 Å². The standard InChI is InChI=1S/C19H19NO3/c1-23-19(22)14-17(16-10-6-3-7-11-16)20-18(21)13-12-15-8-4-2-5-9-15/h2-13,17H,14H2,1H3,(H,20,21). The van der Waals surface area contributed by atoms with Crippen molar-refractivity contribution in [2.45, 2.75) is 12.5 Å². The van der Waals surface area contributed by atoms with Gasteiger partial charge < -0.3 is 10.1 Å². The monoisotopic (exact) mass is 309 g/mol. The van der Waals surface area contributed by atoms with Gasteiger partial charge in [-0.15, -0.1) is 0 Å². The number of benzene rings is 2. The molecule has 1 unspecified atom stereocenters. The Morgan fingerprint density at radius 1 is 1.04 bits per heavy atom. The van der Waals surface area contributed by atoms with Crippen LogP contribution in [0.2, 0.25) is 0 Å². The molecular weight excluding hydrogens is 290 g/mol. The lowest BCUT2D eigenvalue weighted by Crippen LogP contribution is -2.29. The lowest BCUT2D eigenvalue weighted by molar-refractivity contribution is -0.141.